The van der Waals surface area contributed by atoms with Crippen molar-refractivity contribution in [1.82, 2.24) is 9.47 Å². The molecule has 2 aliphatic rings. The second-order valence-electron chi connectivity index (χ2n) is 7.89. The minimum atomic E-state index is 0.0968. The first kappa shape index (κ1) is 17.4. The number of aromatic nitrogens is 1. The lowest BCUT2D eigenvalue weighted by Crippen LogP contribution is -2.49. The predicted octanol–water partition coefficient (Wildman–Crippen LogP) is 4.14. The molecule has 0 saturated carbocycles. The predicted molar refractivity (Wildman–Crippen MR) is 112 cm³/mol. The minimum absolute atomic E-state index is 0.0968. The third kappa shape index (κ3) is 2.81. The van der Waals surface area contributed by atoms with E-state index in [-0.39, 0.29) is 17.4 Å². The molecule has 4 nitrogen and oxygen atoms in total. The lowest BCUT2D eigenvalue weighted by Gasteiger charge is -2.42. The van der Waals surface area contributed by atoms with Gasteiger partial charge in [-0.05, 0) is 54.0 Å². The Hall–Kier alpha value is -2.66. The van der Waals surface area contributed by atoms with E-state index < -0.39 is 0 Å². The summed E-state index contributed by atoms with van der Waals surface area (Å²) in [7, 11) is 0. The summed E-state index contributed by atoms with van der Waals surface area (Å²) in [6.45, 7) is 4.16. The molecule has 1 aromatic carbocycles. The van der Waals surface area contributed by atoms with Crippen molar-refractivity contribution in [2.75, 3.05) is 13.1 Å². The number of fused-ring (bicyclic) bond motifs is 4. The van der Waals surface area contributed by atoms with E-state index in [4.69, 9.17) is 0 Å². The summed E-state index contributed by atoms with van der Waals surface area (Å²) in [5, 5.41) is 1.94. The Morgan fingerprint density at radius 2 is 1.86 bits per heavy atom. The van der Waals surface area contributed by atoms with Crippen LogP contribution in [0.15, 0.2) is 58.7 Å². The quantitative estimate of drug-likeness (QED) is 0.660. The Morgan fingerprint density at radius 3 is 2.64 bits per heavy atom. The first-order chi connectivity index (χ1) is 13.6. The van der Waals surface area contributed by atoms with Gasteiger partial charge in [0.2, 0.25) is 0 Å². The number of thiophene rings is 1. The fourth-order valence-corrected chi connectivity index (χ4v) is 5.44. The lowest BCUT2D eigenvalue weighted by molar-refractivity contribution is 0.0599. The smallest absolute Gasteiger partial charge is 0.263 e. The van der Waals surface area contributed by atoms with Crippen LogP contribution in [0, 0.1) is 12.8 Å². The SMILES string of the molecule is Cc1ccccc1-c1ccc2n(c1=O)CC1CC2CN(C(=O)c2cccs2)C1. The third-order valence-electron chi connectivity index (χ3n) is 6.06. The molecule has 142 valence electrons. The Balaban J connectivity index is 1.50. The third-order valence-corrected chi connectivity index (χ3v) is 6.92. The van der Waals surface area contributed by atoms with Crippen LogP contribution in [0.3, 0.4) is 0 Å². The van der Waals surface area contributed by atoms with Gasteiger partial charge in [0, 0.05) is 36.8 Å². The van der Waals surface area contributed by atoms with E-state index in [1.54, 1.807) is 0 Å². The molecule has 2 aliphatic heterocycles. The molecule has 1 fully saturated rings. The number of nitrogens with zero attached hydrogens (tertiary/aromatic N) is 2. The van der Waals surface area contributed by atoms with Crippen molar-refractivity contribution in [3.8, 4) is 11.1 Å². The second-order valence-corrected chi connectivity index (χ2v) is 8.84. The number of hydrogen-bond acceptors (Lipinski definition) is 3. The molecule has 28 heavy (non-hydrogen) atoms. The highest BCUT2D eigenvalue weighted by atomic mass is 32.1. The van der Waals surface area contributed by atoms with Crippen LogP contribution in [-0.2, 0) is 6.54 Å². The molecular formula is C23H22N2O2S. The first-order valence-electron chi connectivity index (χ1n) is 9.74. The standard InChI is InChI=1S/C23H22N2O2S/c1-15-5-2-3-6-18(15)19-8-9-20-17-11-16(13-25(20)22(19)26)12-24(14-17)23(27)21-7-4-10-28-21/h2-10,16-17H,11-14H2,1H3. The number of piperidine rings is 1. The van der Waals surface area contributed by atoms with E-state index in [9.17, 15) is 9.59 Å². The van der Waals surface area contributed by atoms with Crippen LogP contribution in [0.1, 0.15) is 33.3 Å². The van der Waals surface area contributed by atoms with Gasteiger partial charge in [-0.3, -0.25) is 9.59 Å². The van der Waals surface area contributed by atoms with Gasteiger partial charge in [-0.1, -0.05) is 30.3 Å². The van der Waals surface area contributed by atoms with E-state index in [2.05, 4.69) is 6.07 Å². The molecule has 2 atom stereocenters. The van der Waals surface area contributed by atoms with Gasteiger partial charge < -0.3 is 9.47 Å². The highest BCUT2D eigenvalue weighted by Gasteiger charge is 2.37. The van der Waals surface area contributed by atoms with Crippen LogP contribution in [-0.4, -0.2) is 28.5 Å². The molecule has 5 heteroatoms. The number of pyridine rings is 1. The lowest BCUT2D eigenvalue weighted by atomic mass is 9.82. The fourth-order valence-electron chi connectivity index (χ4n) is 4.75. The Bertz CT molecular complexity index is 1100. The molecule has 3 aromatic rings. The molecule has 0 N–H and O–H groups in total. The van der Waals surface area contributed by atoms with Crippen molar-refractivity contribution < 1.29 is 4.79 Å². The monoisotopic (exact) mass is 390 g/mol. The van der Waals surface area contributed by atoms with Gasteiger partial charge in [0.25, 0.3) is 11.5 Å². The van der Waals surface area contributed by atoms with E-state index >= 15 is 0 Å². The van der Waals surface area contributed by atoms with Gasteiger partial charge in [-0.25, -0.2) is 0 Å². The van der Waals surface area contributed by atoms with Gasteiger partial charge in [-0.15, -0.1) is 11.3 Å². The zero-order valence-electron chi connectivity index (χ0n) is 15.8. The molecule has 2 unspecified atom stereocenters. The summed E-state index contributed by atoms with van der Waals surface area (Å²) in [5.74, 6) is 0.687. The van der Waals surface area contributed by atoms with Crippen LogP contribution in [0.5, 0.6) is 0 Å². The van der Waals surface area contributed by atoms with Crippen molar-refractivity contribution in [1.29, 1.82) is 0 Å². The summed E-state index contributed by atoms with van der Waals surface area (Å²) >= 11 is 1.50. The van der Waals surface area contributed by atoms with E-state index in [1.807, 2.05) is 64.2 Å². The fraction of sp³-hybridized carbons (Fsp3) is 0.304. The molecule has 5 rings (SSSR count). The maximum absolute atomic E-state index is 13.3. The van der Waals surface area contributed by atoms with Crippen molar-refractivity contribution in [2.45, 2.75) is 25.8 Å². The second kappa shape index (κ2) is 6.74. The van der Waals surface area contributed by atoms with E-state index in [1.165, 1.54) is 11.3 Å². The Kier molecular flexibility index (Phi) is 4.20. The van der Waals surface area contributed by atoms with Gasteiger partial charge in [-0.2, -0.15) is 0 Å². The number of hydrogen-bond donors (Lipinski definition) is 0. The maximum atomic E-state index is 13.3. The summed E-state index contributed by atoms with van der Waals surface area (Å²) in [6, 6.07) is 15.9. The maximum Gasteiger partial charge on any atom is 0.263 e. The molecular weight excluding hydrogens is 368 g/mol. The van der Waals surface area contributed by atoms with Crippen LogP contribution in [0.2, 0.25) is 0 Å². The molecule has 2 aromatic heterocycles. The summed E-state index contributed by atoms with van der Waals surface area (Å²) in [5.41, 5.74) is 4.06. The number of amides is 1. The molecule has 1 saturated heterocycles. The van der Waals surface area contributed by atoms with E-state index in [0.717, 1.165) is 40.2 Å². The number of rotatable bonds is 2. The van der Waals surface area contributed by atoms with Crippen LogP contribution >= 0.6 is 11.3 Å². The number of benzene rings is 1. The van der Waals surface area contributed by atoms with Crippen molar-refractivity contribution in [2.24, 2.45) is 5.92 Å². The largest absolute Gasteiger partial charge is 0.337 e. The molecule has 0 radical (unpaired) electrons. The zero-order valence-corrected chi connectivity index (χ0v) is 16.6. The molecule has 2 bridgehead atoms. The summed E-state index contributed by atoms with van der Waals surface area (Å²) in [6.07, 6.45) is 1.05. The van der Waals surface area contributed by atoms with Crippen molar-refractivity contribution in [3.05, 3.63) is 80.4 Å². The number of aryl methyl sites for hydroxylation is 1. The van der Waals surface area contributed by atoms with Gasteiger partial charge in [0.05, 0.1) is 4.88 Å². The summed E-state index contributed by atoms with van der Waals surface area (Å²) in [4.78, 5) is 28.9. The molecule has 4 heterocycles. The van der Waals surface area contributed by atoms with Crippen LogP contribution in [0.4, 0.5) is 0 Å². The highest BCUT2D eigenvalue weighted by Crippen LogP contribution is 2.36. The normalized spacial score (nSPS) is 20.7. The van der Waals surface area contributed by atoms with Gasteiger partial charge >= 0.3 is 0 Å². The Morgan fingerprint density at radius 1 is 1.00 bits per heavy atom. The highest BCUT2D eigenvalue weighted by molar-refractivity contribution is 7.12. The van der Waals surface area contributed by atoms with Crippen LogP contribution in [0.25, 0.3) is 11.1 Å². The van der Waals surface area contributed by atoms with Gasteiger partial charge in [0.15, 0.2) is 0 Å². The van der Waals surface area contributed by atoms with Crippen molar-refractivity contribution in [3.63, 3.8) is 0 Å². The first-order valence-corrected chi connectivity index (χ1v) is 10.6. The van der Waals surface area contributed by atoms with Crippen LogP contribution < -0.4 is 5.56 Å². The van der Waals surface area contributed by atoms with E-state index in [0.29, 0.717) is 19.0 Å². The summed E-state index contributed by atoms with van der Waals surface area (Å²) < 4.78 is 1.97. The molecule has 0 spiro atoms. The number of carbonyl (C=O) groups excluding carboxylic acids is 1. The average molecular weight is 391 g/mol. The minimum Gasteiger partial charge on any atom is -0.337 e. The van der Waals surface area contributed by atoms with Gasteiger partial charge in [0.1, 0.15) is 0 Å². The van der Waals surface area contributed by atoms with Crippen molar-refractivity contribution >= 4 is 17.2 Å². The number of likely N-dealkylation sites (tertiary alicyclic amines) is 1. The average Bonchev–Trinajstić information content (AvgIpc) is 3.24. The molecule has 0 aliphatic carbocycles. The topological polar surface area (TPSA) is 42.3 Å². The molecule has 1 amide bonds. The Labute approximate surface area is 168 Å². The number of carbonyl (C=O) groups is 1. The zero-order chi connectivity index (χ0) is 19.3.